The average Bonchev–Trinajstić information content (AvgIpc) is 3.58. The topological polar surface area (TPSA) is 105 Å². The smallest absolute Gasteiger partial charge is 0.405 e. The van der Waals surface area contributed by atoms with Gasteiger partial charge in [0.25, 0.3) is 5.91 Å². The van der Waals surface area contributed by atoms with Gasteiger partial charge in [0.1, 0.15) is 11.3 Å². The minimum absolute atomic E-state index is 0.0234. The number of piperidine rings is 1. The molecule has 50 heavy (non-hydrogen) atoms. The number of nitrogens with one attached hydrogen (secondary N) is 2. The molecule has 10 nitrogen and oxygen atoms in total. The Morgan fingerprint density at radius 3 is 2.44 bits per heavy atom. The van der Waals surface area contributed by atoms with Crippen LogP contribution in [0.15, 0.2) is 48.8 Å². The number of aromatic nitrogens is 3. The van der Waals surface area contributed by atoms with E-state index in [1.165, 1.54) is 38.4 Å². The third-order valence-electron chi connectivity index (χ3n) is 10.4. The zero-order chi connectivity index (χ0) is 35.5. The fraction of sp³-hybridized carbons (Fsp3) is 0.459. The molecule has 2 fully saturated rings. The first-order valence-corrected chi connectivity index (χ1v) is 17.2. The molecule has 13 heteroatoms. The summed E-state index contributed by atoms with van der Waals surface area (Å²) in [4.78, 5) is 40.8. The van der Waals surface area contributed by atoms with Crippen LogP contribution < -0.4 is 20.3 Å². The van der Waals surface area contributed by atoms with Gasteiger partial charge in [-0.2, -0.15) is 0 Å². The standard InChI is InChI=1S/C37H42F3N7O3/c1-21(2)46-20-42-29-19-28(44-33(32(29)46)43-23-10-12-31(50-37(38,39)40)26(16-23)34(48)41-5)22-9-11-27-30(15-22)47(35(49)36(27,3)4)25-17-24(18-25)45-13-7-6-8-14-45/h9-12,15-16,19-21,24-25H,6-8,13-14,17-18H2,1-5H3,(H,41,48)(H,43,44). The Morgan fingerprint density at radius 2 is 1.76 bits per heavy atom. The fourth-order valence-electron chi connectivity index (χ4n) is 7.62. The highest BCUT2D eigenvalue weighted by atomic mass is 19.4. The SMILES string of the molecule is CNC(=O)c1cc(Nc2nc(-c3ccc4c(c3)N(C3CC(N5CCCCC5)C3)C(=O)C4(C)C)cc3ncn(C(C)C)c23)ccc1OC(F)(F)F. The van der Waals surface area contributed by atoms with Gasteiger partial charge < -0.3 is 29.7 Å². The molecule has 2 N–H and O–H groups in total. The minimum Gasteiger partial charge on any atom is -0.405 e. The quantitative estimate of drug-likeness (QED) is 0.200. The van der Waals surface area contributed by atoms with Gasteiger partial charge in [-0.15, -0.1) is 13.2 Å². The molecule has 0 bridgehead atoms. The second-order valence-corrected chi connectivity index (χ2v) is 14.3. The Labute approximate surface area is 289 Å². The van der Waals surface area contributed by atoms with Crippen molar-refractivity contribution < 1.29 is 27.5 Å². The zero-order valence-corrected chi connectivity index (χ0v) is 28.9. The number of anilines is 3. The maximum Gasteiger partial charge on any atom is 0.573 e. The van der Waals surface area contributed by atoms with E-state index < -0.39 is 23.4 Å². The molecule has 1 aliphatic carbocycles. The predicted octanol–water partition coefficient (Wildman–Crippen LogP) is 7.32. The summed E-state index contributed by atoms with van der Waals surface area (Å²) in [7, 11) is 1.33. The van der Waals surface area contributed by atoms with E-state index in [9.17, 15) is 22.8 Å². The Morgan fingerprint density at radius 1 is 1.02 bits per heavy atom. The number of carbonyl (C=O) groups excluding carboxylic acids is 2. The molecule has 1 saturated heterocycles. The van der Waals surface area contributed by atoms with Crippen molar-refractivity contribution in [3.8, 4) is 17.0 Å². The molecule has 0 unspecified atom stereocenters. The summed E-state index contributed by atoms with van der Waals surface area (Å²) >= 11 is 0. The van der Waals surface area contributed by atoms with Gasteiger partial charge in [0, 0.05) is 42.1 Å². The maximum absolute atomic E-state index is 13.9. The first kappa shape index (κ1) is 33.8. The summed E-state index contributed by atoms with van der Waals surface area (Å²) < 4.78 is 45.4. The van der Waals surface area contributed by atoms with Crippen molar-refractivity contribution in [3.05, 3.63) is 59.9 Å². The number of benzene rings is 2. The molecule has 3 aliphatic rings. The number of likely N-dealkylation sites (tertiary alicyclic amines) is 1. The van der Waals surface area contributed by atoms with Crippen LogP contribution in [0.25, 0.3) is 22.3 Å². The average molecular weight is 690 g/mol. The maximum atomic E-state index is 13.9. The lowest BCUT2D eigenvalue weighted by Gasteiger charge is -2.48. The lowest BCUT2D eigenvalue weighted by molar-refractivity contribution is -0.274. The number of nitrogens with zero attached hydrogens (tertiary/aromatic N) is 5. The lowest BCUT2D eigenvalue weighted by Crippen LogP contribution is -2.57. The number of halogens is 3. The highest BCUT2D eigenvalue weighted by molar-refractivity contribution is 6.09. The van der Waals surface area contributed by atoms with Crippen LogP contribution in [0.4, 0.5) is 30.4 Å². The van der Waals surface area contributed by atoms with Gasteiger partial charge in [-0.25, -0.2) is 9.97 Å². The van der Waals surface area contributed by atoms with Crippen molar-refractivity contribution in [1.29, 1.82) is 0 Å². The summed E-state index contributed by atoms with van der Waals surface area (Å²) in [6, 6.07) is 12.4. The van der Waals surface area contributed by atoms with Gasteiger partial charge >= 0.3 is 6.36 Å². The largest absolute Gasteiger partial charge is 0.573 e. The van der Waals surface area contributed by atoms with Crippen molar-refractivity contribution in [2.75, 3.05) is 30.4 Å². The number of rotatable bonds is 8. The summed E-state index contributed by atoms with van der Waals surface area (Å²) in [6.45, 7) is 10.3. The fourth-order valence-corrected chi connectivity index (χ4v) is 7.62. The normalized spacial score (nSPS) is 20.6. The monoisotopic (exact) mass is 689 g/mol. The van der Waals surface area contributed by atoms with Crippen molar-refractivity contribution in [2.45, 2.75) is 89.7 Å². The number of carbonyl (C=O) groups is 2. The number of amides is 2. The zero-order valence-electron chi connectivity index (χ0n) is 28.9. The van der Waals surface area contributed by atoms with Gasteiger partial charge in [0.15, 0.2) is 5.82 Å². The summed E-state index contributed by atoms with van der Waals surface area (Å²) in [6.07, 6.45) is 2.43. The van der Waals surface area contributed by atoms with Gasteiger partial charge in [0.05, 0.1) is 28.5 Å². The first-order valence-electron chi connectivity index (χ1n) is 17.2. The molecule has 4 heterocycles. The molecule has 0 spiro atoms. The van der Waals surface area contributed by atoms with Crippen LogP contribution in [0.2, 0.25) is 0 Å². The van der Waals surface area contributed by atoms with E-state index in [2.05, 4.69) is 25.3 Å². The van der Waals surface area contributed by atoms with Gasteiger partial charge in [-0.3, -0.25) is 9.59 Å². The second kappa shape index (κ2) is 12.6. The molecule has 0 atom stereocenters. The highest BCUT2D eigenvalue weighted by Gasteiger charge is 2.50. The van der Waals surface area contributed by atoms with E-state index in [1.807, 2.05) is 61.4 Å². The van der Waals surface area contributed by atoms with Crippen LogP contribution in [-0.2, 0) is 10.2 Å². The van der Waals surface area contributed by atoms with Crippen molar-refractivity contribution in [2.24, 2.45) is 0 Å². The van der Waals surface area contributed by atoms with Crippen molar-refractivity contribution in [3.63, 3.8) is 0 Å². The van der Waals surface area contributed by atoms with E-state index >= 15 is 0 Å². The number of fused-ring (bicyclic) bond motifs is 2. The van der Waals surface area contributed by atoms with Crippen LogP contribution in [-0.4, -0.2) is 69.8 Å². The Hall–Kier alpha value is -4.65. The summed E-state index contributed by atoms with van der Waals surface area (Å²) in [5.74, 6) is -0.831. The number of imidazole rings is 1. The van der Waals surface area contributed by atoms with E-state index in [0.29, 0.717) is 34.3 Å². The van der Waals surface area contributed by atoms with E-state index in [0.717, 1.165) is 48.8 Å². The van der Waals surface area contributed by atoms with E-state index in [1.54, 1.807) is 6.33 Å². The van der Waals surface area contributed by atoms with Gasteiger partial charge in [-0.05, 0) is 102 Å². The number of alkyl halides is 3. The lowest BCUT2D eigenvalue weighted by atomic mass is 9.82. The molecule has 2 aliphatic heterocycles. The van der Waals surface area contributed by atoms with Gasteiger partial charge in [0.2, 0.25) is 5.91 Å². The number of pyridine rings is 1. The number of ether oxygens (including phenoxy) is 1. The predicted molar refractivity (Wildman–Crippen MR) is 186 cm³/mol. The molecule has 7 rings (SSSR count). The molecule has 2 aromatic carbocycles. The molecule has 2 aromatic heterocycles. The molecular weight excluding hydrogens is 647 g/mol. The van der Waals surface area contributed by atoms with Crippen molar-refractivity contribution in [1.82, 2.24) is 24.8 Å². The number of hydrogen-bond acceptors (Lipinski definition) is 7. The second-order valence-electron chi connectivity index (χ2n) is 14.3. The summed E-state index contributed by atoms with van der Waals surface area (Å²) in [5, 5.41) is 5.62. The van der Waals surface area contributed by atoms with Crippen LogP contribution in [0.3, 0.4) is 0 Å². The van der Waals surface area contributed by atoms with Crippen LogP contribution in [0.5, 0.6) is 5.75 Å². The minimum atomic E-state index is -4.97. The Balaban J connectivity index is 1.26. The van der Waals surface area contributed by atoms with Gasteiger partial charge in [-0.1, -0.05) is 18.6 Å². The van der Waals surface area contributed by atoms with Crippen LogP contribution in [0, 0.1) is 0 Å². The Kier molecular flexibility index (Phi) is 8.52. The summed E-state index contributed by atoms with van der Waals surface area (Å²) in [5.41, 5.74) is 4.04. The molecule has 2 amide bonds. The third kappa shape index (κ3) is 6.05. The van der Waals surface area contributed by atoms with Crippen molar-refractivity contribution >= 4 is 40.0 Å². The molecular formula is C37H42F3N7O3. The molecule has 0 radical (unpaired) electrons. The molecule has 4 aromatic rings. The van der Waals surface area contributed by atoms with E-state index in [-0.39, 0.29) is 23.6 Å². The highest BCUT2D eigenvalue weighted by Crippen LogP contribution is 2.48. The Bertz CT molecular complexity index is 1960. The first-order chi connectivity index (χ1) is 23.7. The van der Waals surface area contributed by atoms with Crippen LogP contribution >= 0.6 is 0 Å². The number of hydrogen-bond donors (Lipinski definition) is 2. The molecule has 1 saturated carbocycles. The van der Waals surface area contributed by atoms with Crippen LogP contribution in [0.1, 0.15) is 81.8 Å². The molecule has 264 valence electrons. The third-order valence-corrected chi connectivity index (χ3v) is 10.4. The van der Waals surface area contributed by atoms with E-state index in [4.69, 9.17) is 4.98 Å².